The van der Waals surface area contributed by atoms with Crippen LogP contribution in [0.5, 0.6) is 0 Å². The number of anilines is 1. The van der Waals surface area contributed by atoms with E-state index in [0.29, 0.717) is 0 Å². The van der Waals surface area contributed by atoms with Crippen LogP contribution in [-0.4, -0.2) is 15.7 Å². The third-order valence-corrected chi connectivity index (χ3v) is 2.70. The van der Waals surface area contributed by atoms with Crippen molar-refractivity contribution in [2.45, 2.75) is 13.1 Å². The van der Waals surface area contributed by atoms with Crippen LogP contribution in [0.15, 0.2) is 30.3 Å². The first-order valence-corrected chi connectivity index (χ1v) is 5.86. The molecule has 2 aromatic rings. The summed E-state index contributed by atoms with van der Waals surface area (Å²) in [5, 5.41) is 5.97. The van der Waals surface area contributed by atoms with Gasteiger partial charge >= 0.3 is 6.18 Å². The van der Waals surface area contributed by atoms with Gasteiger partial charge in [-0.3, -0.25) is 4.79 Å². The summed E-state index contributed by atoms with van der Waals surface area (Å²) in [4.78, 5) is 11.1. The molecule has 1 amide bonds. The molecule has 0 spiro atoms. The molecular weight excluding hydrogens is 295 g/mol. The second-order valence-electron chi connectivity index (χ2n) is 3.96. The largest absolute Gasteiger partial charge is 0.435 e. The minimum atomic E-state index is -4.61. The molecule has 8 heteroatoms. The summed E-state index contributed by atoms with van der Waals surface area (Å²) < 4.78 is 39.1. The van der Waals surface area contributed by atoms with Gasteiger partial charge < -0.3 is 5.32 Å². The smallest absolute Gasteiger partial charge is 0.311 e. The third-order valence-electron chi connectivity index (χ3n) is 2.38. The first-order chi connectivity index (χ1) is 9.29. The van der Waals surface area contributed by atoms with E-state index in [4.69, 9.17) is 11.6 Å². The van der Waals surface area contributed by atoms with Crippen LogP contribution in [0.4, 0.5) is 19.0 Å². The fraction of sp³-hybridized carbons (Fsp3) is 0.167. The van der Waals surface area contributed by atoms with Crippen LogP contribution in [0.3, 0.4) is 0 Å². The Morgan fingerprint density at radius 3 is 2.55 bits per heavy atom. The average Bonchev–Trinajstić information content (AvgIpc) is 2.72. The maximum absolute atomic E-state index is 12.7. The monoisotopic (exact) mass is 303 g/mol. The fourth-order valence-corrected chi connectivity index (χ4v) is 1.81. The van der Waals surface area contributed by atoms with E-state index >= 15 is 0 Å². The van der Waals surface area contributed by atoms with Crippen molar-refractivity contribution in [1.29, 1.82) is 0 Å². The summed E-state index contributed by atoms with van der Waals surface area (Å²) in [6, 6.07) is 7.01. The zero-order chi connectivity index (χ0) is 14.9. The quantitative estimate of drug-likeness (QED) is 0.923. The molecule has 0 radical (unpaired) electrons. The van der Waals surface area contributed by atoms with Crippen LogP contribution >= 0.6 is 11.6 Å². The molecule has 0 saturated heterocycles. The van der Waals surface area contributed by atoms with E-state index in [0.717, 1.165) is 10.7 Å². The number of hydrogen-bond acceptors (Lipinski definition) is 2. The van der Waals surface area contributed by atoms with Gasteiger partial charge in [-0.25, -0.2) is 4.68 Å². The van der Waals surface area contributed by atoms with E-state index in [9.17, 15) is 18.0 Å². The van der Waals surface area contributed by atoms with Crippen LogP contribution < -0.4 is 5.32 Å². The fourth-order valence-electron chi connectivity index (χ4n) is 1.60. The number of nitrogens with one attached hydrogen (secondary N) is 1. The number of hydrogen-bond donors (Lipinski definition) is 1. The molecular formula is C12H9ClF3N3O. The molecule has 0 aliphatic heterocycles. The van der Waals surface area contributed by atoms with Crippen LogP contribution in [0.25, 0.3) is 5.69 Å². The maximum Gasteiger partial charge on any atom is 0.435 e. The van der Waals surface area contributed by atoms with E-state index in [1.807, 2.05) is 0 Å². The normalized spacial score (nSPS) is 11.4. The Balaban J connectivity index is 2.59. The summed E-state index contributed by atoms with van der Waals surface area (Å²) in [6.07, 6.45) is -4.61. The predicted molar refractivity (Wildman–Crippen MR) is 67.9 cm³/mol. The topological polar surface area (TPSA) is 46.9 Å². The highest BCUT2D eigenvalue weighted by molar-refractivity contribution is 6.32. The van der Waals surface area contributed by atoms with Gasteiger partial charge in [-0.15, -0.1) is 0 Å². The van der Waals surface area contributed by atoms with E-state index in [1.54, 1.807) is 12.1 Å². The lowest BCUT2D eigenvalue weighted by Crippen LogP contribution is -2.11. The van der Waals surface area contributed by atoms with Crippen LogP contribution in [0, 0.1) is 0 Å². The summed E-state index contributed by atoms with van der Waals surface area (Å²) in [7, 11) is 0. The van der Waals surface area contributed by atoms with Crippen LogP contribution in [-0.2, 0) is 11.0 Å². The zero-order valence-corrected chi connectivity index (χ0v) is 11.0. The summed E-state index contributed by atoms with van der Waals surface area (Å²) >= 11 is 5.94. The van der Waals surface area contributed by atoms with Crippen molar-refractivity contribution in [3.63, 3.8) is 0 Å². The number of benzene rings is 1. The van der Waals surface area contributed by atoms with Crippen molar-refractivity contribution < 1.29 is 18.0 Å². The molecule has 1 aromatic carbocycles. The Morgan fingerprint density at radius 2 is 2.00 bits per heavy atom. The SMILES string of the molecule is CC(=O)Nc1cc(C(F)(F)F)nn1-c1ccccc1Cl. The van der Waals surface area contributed by atoms with Gasteiger partial charge in [0.2, 0.25) is 5.91 Å². The van der Waals surface area contributed by atoms with E-state index in [2.05, 4.69) is 10.4 Å². The van der Waals surface area contributed by atoms with Gasteiger partial charge in [0, 0.05) is 13.0 Å². The molecule has 0 aliphatic carbocycles. The number of nitrogens with zero attached hydrogens (tertiary/aromatic N) is 2. The van der Waals surface area contributed by atoms with Crippen molar-refractivity contribution in [2.24, 2.45) is 0 Å². The Kier molecular flexibility index (Phi) is 3.71. The Morgan fingerprint density at radius 1 is 1.35 bits per heavy atom. The zero-order valence-electron chi connectivity index (χ0n) is 10.2. The molecule has 0 unspecified atom stereocenters. The van der Waals surface area contributed by atoms with Gasteiger partial charge in [-0.2, -0.15) is 18.3 Å². The number of rotatable bonds is 2. The van der Waals surface area contributed by atoms with E-state index < -0.39 is 17.8 Å². The van der Waals surface area contributed by atoms with Gasteiger partial charge in [0.1, 0.15) is 5.82 Å². The molecule has 1 heterocycles. The Bertz CT molecular complexity index is 652. The van der Waals surface area contributed by atoms with Gasteiger partial charge in [0.05, 0.1) is 10.7 Å². The highest BCUT2D eigenvalue weighted by Crippen LogP contribution is 2.32. The number of carbonyl (C=O) groups excluding carboxylic acids is 1. The van der Waals surface area contributed by atoms with Crippen molar-refractivity contribution in [3.05, 3.63) is 41.0 Å². The minimum absolute atomic E-state index is 0.0991. The van der Waals surface area contributed by atoms with E-state index in [-0.39, 0.29) is 16.5 Å². The van der Waals surface area contributed by atoms with Gasteiger partial charge in [-0.05, 0) is 12.1 Å². The molecule has 1 N–H and O–H groups in total. The van der Waals surface area contributed by atoms with Gasteiger partial charge in [0.25, 0.3) is 0 Å². The van der Waals surface area contributed by atoms with Crippen LogP contribution in [0.1, 0.15) is 12.6 Å². The average molecular weight is 304 g/mol. The Hall–Kier alpha value is -2.02. The molecule has 1 aromatic heterocycles. The lowest BCUT2D eigenvalue weighted by atomic mass is 10.3. The van der Waals surface area contributed by atoms with Crippen molar-refractivity contribution in [2.75, 3.05) is 5.32 Å². The maximum atomic E-state index is 12.7. The lowest BCUT2D eigenvalue weighted by molar-refractivity contribution is -0.141. The second kappa shape index (κ2) is 5.16. The van der Waals surface area contributed by atoms with Gasteiger partial charge in [-0.1, -0.05) is 23.7 Å². The predicted octanol–water partition coefficient (Wildman–Crippen LogP) is 3.50. The van der Waals surface area contributed by atoms with Crippen molar-refractivity contribution >= 4 is 23.3 Å². The molecule has 4 nitrogen and oxygen atoms in total. The molecule has 0 fully saturated rings. The number of halogens is 4. The first-order valence-electron chi connectivity index (χ1n) is 5.49. The van der Waals surface area contributed by atoms with Crippen molar-refractivity contribution in [3.8, 4) is 5.69 Å². The minimum Gasteiger partial charge on any atom is -0.311 e. The number of aromatic nitrogens is 2. The number of para-hydroxylation sites is 1. The summed E-state index contributed by atoms with van der Waals surface area (Å²) in [6.45, 7) is 1.19. The molecule has 0 aliphatic rings. The number of amides is 1. The van der Waals surface area contributed by atoms with E-state index in [1.165, 1.54) is 19.1 Å². The highest BCUT2D eigenvalue weighted by atomic mass is 35.5. The highest BCUT2D eigenvalue weighted by Gasteiger charge is 2.35. The number of alkyl halides is 3. The molecule has 0 bridgehead atoms. The molecule has 20 heavy (non-hydrogen) atoms. The lowest BCUT2D eigenvalue weighted by Gasteiger charge is -2.08. The van der Waals surface area contributed by atoms with Gasteiger partial charge in [0.15, 0.2) is 5.69 Å². The molecule has 2 rings (SSSR count). The summed E-state index contributed by atoms with van der Waals surface area (Å²) in [5.74, 6) is -0.607. The summed E-state index contributed by atoms with van der Waals surface area (Å²) in [5.41, 5.74) is -0.866. The first kappa shape index (κ1) is 14.4. The second-order valence-corrected chi connectivity index (χ2v) is 4.36. The molecule has 0 atom stereocenters. The standard InChI is InChI=1S/C12H9ClF3N3O/c1-7(20)17-11-6-10(12(14,15)16)18-19(11)9-5-3-2-4-8(9)13/h2-6H,1H3,(H,17,20). The van der Waals surface area contributed by atoms with Crippen molar-refractivity contribution in [1.82, 2.24) is 9.78 Å². The Labute approximate surface area is 117 Å². The van der Waals surface area contributed by atoms with Crippen LogP contribution in [0.2, 0.25) is 5.02 Å². The molecule has 106 valence electrons. The number of carbonyl (C=O) groups is 1. The third kappa shape index (κ3) is 2.93. The molecule has 0 saturated carbocycles.